The van der Waals surface area contributed by atoms with Crippen molar-refractivity contribution in [3.8, 4) is 11.3 Å². The van der Waals surface area contributed by atoms with Crippen molar-refractivity contribution in [1.82, 2.24) is 9.97 Å². The predicted molar refractivity (Wildman–Crippen MR) is 89.5 cm³/mol. The van der Waals surface area contributed by atoms with Crippen molar-refractivity contribution in [2.45, 2.75) is 13.8 Å². The molecule has 0 atom stereocenters. The molecule has 0 amide bonds. The molecule has 4 nitrogen and oxygen atoms in total. The Morgan fingerprint density at radius 1 is 1.14 bits per heavy atom. The first kappa shape index (κ1) is 15.0. The number of aromatic nitrogens is 2. The van der Waals surface area contributed by atoms with Gasteiger partial charge in [0.15, 0.2) is 0 Å². The molecule has 0 saturated heterocycles. The molecule has 0 saturated carbocycles. The molecule has 0 aliphatic rings. The molecule has 2 rings (SSSR count). The molecule has 0 bridgehead atoms. The van der Waals surface area contributed by atoms with Crippen LogP contribution in [0, 0.1) is 5.92 Å². The van der Waals surface area contributed by atoms with Gasteiger partial charge in [-0.15, -0.1) is 6.58 Å². The zero-order valence-corrected chi connectivity index (χ0v) is 12.6. The Kier molecular flexibility index (Phi) is 5.32. The van der Waals surface area contributed by atoms with Crippen molar-refractivity contribution in [3.05, 3.63) is 49.1 Å². The summed E-state index contributed by atoms with van der Waals surface area (Å²) in [7, 11) is 0. The topological polar surface area (TPSA) is 49.8 Å². The largest absolute Gasteiger partial charge is 0.370 e. The third-order valence-corrected chi connectivity index (χ3v) is 2.89. The summed E-state index contributed by atoms with van der Waals surface area (Å²) in [6.07, 6.45) is 1.79. The summed E-state index contributed by atoms with van der Waals surface area (Å²) in [6, 6.07) is 12.1. The fourth-order valence-electron chi connectivity index (χ4n) is 1.85. The minimum Gasteiger partial charge on any atom is -0.370 e. The van der Waals surface area contributed by atoms with Gasteiger partial charge in [-0.3, -0.25) is 0 Å². The van der Waals surface area contributed by atoms with E-state index in [0.717, 1.165) is 23.6 Å². The normalized spacial score (nSPS) is 10.4. The number of nitrogens with one attached hydrogen (secondary N) is 2. The van der Waals surface area contributed by atoms with Gasteiger partial charge in [0.1, 0.15) is 5.82 Å². The molecule has 1 aromatic carbocycles. The number of hydrogen-bond acceptors (Lipinski definition) is 4. The van der Waals surface area contributed by atoms with Gasteiger partial charge in [-0.05, 0) is 5.92 Å². The molecule has 0 aliphatic carbocycles. The second kappa shape index (κ2) is 7.43. The molecule has 0 unspecified atom stereocenters. The quantitative estimate of drug-likeness (QED) is 0.758. The molecule has 0 spiro atoms. The van der Waals surface area contributed by atoms with Crippen LogP contribution in [0.2, 0.25) is 0 Å². The second-order valence-electron chi connectivity index (χ2n) is 5.27. The van der Waals surface area contributed by atoms with Gasteiger partial charge in [-0.1, -0.05) is 50.3 Å². The van der Waals surface area contributed by atoms with Crippen LogP contribution in [0.1, 0.15) is 13.8 Å². The highest BCUT2D eigenvalue weighted by Crippen LogP contribution is 2.21. The van der Waals surface area contributed by atoms with E-state index in [9.17, 15) is 0 Å². The third-order valence-electron chi connectivity index (χ3n) is 2.89. The number of hydrogen-bond donors (Lipinski definition) is 2. The number of benzene rings is 1. The maximum absolute atomic E-state index is 4.56. The summed E-state index contributed by atoms with van der Waals surface area (Å²) in [5, 5.41) is 6.51. The molecule has 21 heavy (non-hydrogen) atoms. The van der Waals surface area contributed by atoms with Crippen LogP contribution in [-0.4, -0.2) is 23.1 Å². The van der Waals surface area contributed by atoms with Gasteiger partial charge in [-0.25, -0.2) is 4.98 Å². The summed E-state index contributed by atoms with van der Waals surface area (Å²) < 4.78 is 0. The molecule has 4 heteroatoms. The van der Waals surface area contributed by atoms with Crippen molar-refractivity contribution >= 4 is 11.8 Å². The van der Waals surface area contributed by atoms with Crippen molar-refractivity contribution in [2.75, 3.05) is 23.7 Å². The SMILES string of the molecule is C=CCNc1nc(NCC(C)C)cc(-c2ccccc2)n1. The van der Waals surface area contributed by atoms with E-state index < -0.39 is 0 Å². The van der Waals surface area contributed by atoms with Crippen LogP contribution in [0.3, 0.4) is 0 Å². The van der Waals surface area contributed by atoms with E-state index in [4.69, 9.17) is 0 Å². The fraction of sp³-hybridized carbons (Fsp3) is 0.294. The lowest BCUT2D eigenvalue weighted by molar-refractivity contribution is 0.687. The van der Waals surface area contributed by atoms with E-state index in [1.807, 2.05) is 36.4 Å². The molecule has 1 heterocycles. The van der Waals surface area contributed by atoms with E-state index in [0.29, 0.717) is 18.4 Å². The summed E-state index contributed by atoms with van der Waals surface area (Å²) in [5.74, 6) is 2.01. The Labute approximate surface area is 126 Å². The second-order valence-corrected chi connectivity index (χ2v) is 5.27. The lowest BCUT2D eigenvalue weighted by Crippen LogP contribution is -2.11. The van der Waals surface area contributed by atoms with Gasteiger partial charge in [0, 0.05) is 24.7 Å². The smallest absolute Gasteiger partial charge is 0.225 e. The molecule has 110 valence electrons. The molecule has 2 aromatic rings. The Morgan fingerprint density at radius 2 is 1.90 bits per heavy atom. The highest BCUT2D eigenvalue weighted by molar-refractivity contribution is 5.64. The Morgan fingerprint density at radius 3 is 2.57 bits per heavy atom. The van der Waals surface area contributed by atoms with Crippen LogP contribution in [0.5, 0.6) is 0 Å². The van der Waals surface area contributed by atoms with E-state index in [2.05, 4.69) is 41.0 Å². The Bertz CT molecular complexity index is 579. The minimum atomic E-state index is 0.560. The van der Waals surface area contributed by atoms with Crippen LogP contribution >= 0.6 is 0 Å². The maximum atomic E-state index is 4.56. The van der Waals surface area contributed by atoms with Crippen molar-refractivity contribution in [3.63, 3.8) is 0 Å². The average molecular weight is 282 g/mol. The van der Waals surface area contributed by atoms with Gasteiger partial charge in [-0.2, -0.15) is 4.98 Å². The maximum Gasteiger partial charge on any atom is 0.225 e. The van der Waals surface area contributed by atoms with Crippen molar-refractivity contribution < 1.29 is 0 Å². The lowest BCUT2D eigenvalue weighted by atomic mass is 10.1. The fourth-order valence-corrected chi connectivity index (χ4v) is 1.85. The molecule has 1 aromatic heterocycles. The molecule has 0 radical (unpaired) electrons. The van der Waals surface area contributed by atoms with Crippen LogP contribution in [0.4, 0.5) is 11.8 Å². The molecular weight excluding hydrogens is 260 g/mol. The van der Waals surface area contributed by atoms with Crippen LogP contribution < -0.4 is 10.6 Å². The molecule has 0 fully saturated rings. The monoisotopic (exact) mass is 282 g/mol. The first-order valence-electron chi connectivity index (χ1n) is 7.22. The van der Waals surface area contributed by atoms with E-state index in [1.165, 1.54) is 0 Å². The standard InChI is InChI=1S/C17H22N4/c1-4-10-18-17-20-15(14-8-6-5-7-9-14)11-16(21-17)19-12-13(2)3/h4-9,11,13H,1,10,12H2,2-3H3,(H2,18,19,20,21). The van der Waals surface area contributed by atoms with Gasteiger partial charge in [0.2, 0.25) is 5.95 Å². The summed E-state index contributed by atoms with van der Waals surface area (Å²) in [6.45, 7) is 9.57. The Balaban J connectivity index is 2.30. The van der Waals surface area contributed by atoms with E-state index in [-0.39, 0.29) is 0 Å². The van der Waals surface area contributed by atoms with Crippen molar-refractivity contribution in [2.24, 2.45) is 5.92 Å². The number of nitrogens with zero attached hydrogens (tertiary/aromatic N) is 2. The predicted octanol–water partition coefficient (Wildman–Crippen LogP) is 3.81. The third kappa shape index (κ3) is 4.60. The van der Waals surface area contributed by atoms with Crippen LogP contribution in [-0.2, 0) is 0 Å². The summed E-state index contributed by atoms with van der Waals surface area (Å²) >= 11 is 0. The number of anilines is 2. The summed E-state index contributed by atoms with van der Waals surface area (Å²) in [4.78, 5) is 9.05. The van der Waals surface area contributed by atoms with Crippen molar-refractivity contribution in [1.29, 1.82) is 0 Å². The molecule has 0 aliphatic heterocycles. The first-order chi connectivity index (χ1) is 10.2. The van der Waals surface area contributed by atoms with Crippen LogP contribution in [0.15, 0.2) is 49.1 Å². The molecule has 2 N–H and O–H groups in total. The zero-order valence-electron chi connectivity index (χ0n) is 12.6. The van der Waals surface area contributed by atoms with E-state index >= 15 is 0 Å². The van der Waals surface area contributed by atoms with E-state index in [1.54, 1.807) is 6.08 Å². The highest BCUT2D eigenvalue weighted by atomic mass is 15.1. The van der Waals surface area contributed by atoms with Gasteiger partial charge >= 0.3 is 0 Å². The summed E-state index contributed by atoms with van der Waals surface area (Å²) in [5.41, 5.74) is 1.98. The van der Waals surface area contributed by atoms with Crippen LogP contribution in [0.25, 0.3) is 11.3 Å². The first-order valence-corrected chi connectivity index (χ1v) is 7.22. The highest BCUT2D eigenvalue weighted by Gasteiger charge is 2.06. The minimum absolute atomic E-state index is 0.560. The lowest BCUT2D eigenvalue weighted by Gasteiger charge is -2.12. The van der Waals surface area contributed by atoms with Gasteiger partial charge in [0.05, 0.1) is 5.69 Å². The average Bonchev–Trinajstić information content (AvgIpc) is 2.51. The zero-order chi connectivity index (χ0) is 15.1. The van der Waals surface area contributed by atoms with Gasteiger partial charge < -0.3 is 10.6 Å². The van der Waals surface area contributed by atoms with Gasteiger partial charge in [0.25, 0.3) is 0 Å². The molecular formula is C17H22N4. The Hall–Kier alpha value is -2.36. The number of rotatable bonds is 7.